The number of hydrogen-bond acceptors (Lipinski definition) is 6. The number of nitrogens with zero attached hydrogens (tertiary/aromatic N) is 1. The van der Waals surface area contributed by atoms with Crippen molar-refractivity contribution in [2.75, 3.05) is 34.5 Å². The third-order valence-electron chi connectivity index (χ3n) is 5.50. The van der Waals surface area contributed by atoms with Crippen LogP contribution < -0.4 is 19.5 Å². The van der Waals surface area contributed by atoms with E-state index in [1.165, 1.54) is 19.1 Å². The number of nitrogens with one attached hydrogen (secondary N) is 1. The smallest absolute Gasteiger partial charge is 0.338 e. The molecule has 1 aliphatic rings. The van der Waals surface area contributed by atoms with Gasteiger partial charge in [0.1, 0.15) is 12.4 Å². The predicted molar refractivity (Wildman–Crippen MR) is 124 cm³/mol. The van der Waals surface area contributed by atoms with Crippen LogP contribution >= 0.6 is 0 Å². The number of hydrogen-bond donors (Lipinski definition) is 1. The van der Waals surface area contributed by atoms with Crippen molar-refractivity contribution in [3.8, 4) is 17.2 Å². The van der Waals surface area contributed by atoms with Gasteiger partial charge in [-0.25, -0.2) is 9.59 Å². The van der Waals surface area contributed by atoms with Crippen molar-refractivity contribution in [2.45, 2.75) is 26.3 Å². The average Bonchev–Trinajstić information content (AvgIpc) is 2.84. The molecule has 0 aliphatic carbocycles. The number of likely N-dealkylation sites (N-methyl/N-ethyl adjacent to an activating group) is 1. The molecule has 176 valence electrons. The van der Waals surface area contributed by atoms with Gasteiger partial charge in [-0.15, -0.1) is 0 Å². The SMILES string of the molecule is CCOC(=O)C1=C(COc2cccc(CC)c2)N(C)C(=O)NC1c1cccc(OC)c1OC. The first-order chi connectivity index (χ1) is 15.9. The predicted octanol–water partition coefficient (Wildman–Crippen LogP) is 3.86. The van der Waals surface area contributed by atoms with Gasteiger partial charge in [0, 0.05) is 12.6 Å². The Labute approximate surface area is 194 Å². The molecule has 0 radical (unpaired) electrons. The lowest BCUT2D eigenvalue weighted by molar-refractivity contribution is -0.139. The number of carbonyl (C=O) groups excluding carboxylic acids is 2. The molecule has 2 aromatic rings. The van der Waals surface area contributed by atoms with Crippen LogP contribution in [0.4, 0.5) is 4.79 Å². The van der Waals surface area contributed by atoms with Crippen LogP contribution in [-0.4, -0.2) is 51.4 Å². The molecule has 0 saturated carbocycles. The Kier molecular flexibility index (Phi) is 7.82. The van der Waals surface area contributed by atoms with Gasteiger partial charge in [0.15, 0.2) is 11.5 Å². The highest BCUT2D eigenvalue weighted by atomic mass is 16.5. The zero-order valence-electron chi connectivity index (χ0n) is 19.6. The molecule has 8 heteroatoms. The minimum Gasteiger partial charge on any atom is -0.493 e. The number of methoxy groups -OCH3 is 2. The standard InChI is InChI=1S/C25H30N2O6/c1-6-16-10-8-11-17(14-16)33-15-19-21(24(28)32-7-2)22(26-25(29)27(19)3)18-12-9-13-20(30-4)23(18)31-5/h8-14,22H,6-7,15H2,1-5H3,(H,26,29). The van der Waals surface area contributed by atoms with Crippen molar-refractivity contribution >= 4 is 12.0 Å². The number of carbonyl (C=O) groups is 2. The van der Waals surface area contributed by atoms with E-state index in [0.29, 0.717) is 28.5 Å². The first-order valence-corrected chi connectivity index (χ1v) is 10.8. The number of ether oxygens (including phenoxy) is 4. The second-order valence-corrected chi connectivity index (χ2v) is 7.39. The van der Waals surface area contributed by atoms with Crippen molar-refractivity contribution in [1.82, 2.24) is 10.2 Å². The van der Waals surface area contributed by atoms with Crippen LogP contribution in [0, 0.1) is 0 Å². The fraction of sp³-hybridized carbons (Fsp3) is 0.360. The molecule has 2 aromatic carbocycles. The molecule has 0 spiro atoms. The number of benzene rings is 2. The summed E-state index contributed by atoms with van der Waals surface area (Å²) < 4.78 is 22.3. The summed E-state index contributed by atoms with van der Waals surface area (Å²) in [6.45, 7) is 3.99. The maximum Gasteiger partial charge on any atom is 0.338 e. The molecule has 0 bridgehead atoms. The van der Waals surface area contributed by atoms with E-state index in [4.69, 9.17) is 18.9 Å². The van der Waals surface area contributed by atoms with E-state index in [1.807, 2.05) is 24.3 Å². The Balaban J connectivity index is 2.10. The quantitative estimate of drug-likeness (QED) is 0.579. The zero-order chi connectivity index (χ0) is 24.0. The minimum atomic E-state index is -0.807. The van der Waals surface area contributed by atoms with Gasteiger partial charge in [-0.3, -0.25) is 4.90 Å². The molecular weight excluding hydrogens is 424 g/mol. The molecule has 0 aromatic heterocycles. The molecule has 8 nitrogen and oxygen atoms in total. The van der Waals surface area contributed by atoms with E-state index in [2.05, 4.69) is 12.2 Å². The van der Waals surface area contributed by atoms with Gasteiger partial charge in [-0.2, -0.15) is 0 Å². The molecule has 0 fully saturated rings. The summed E-state index contributed by atoms with van der Waals surface area (Å²) in [7, 11) is 4.63. The lowest BCUT2D eigenvalue weighted by atomic mass is 9.93. The van der Waals surface area contributed by atoms with Gasteiger partial charge in [0.05, 0.1) is 38.1 Å². The van der Waals surface area contributed by atoms with Gasteiger partial charge < -0.3 is 24.3 Å². The van der Waals surface area contributed by atoms with Crippen molar-refractivity contribution < 1.29 is 28.5 Å². The maximum absolute atomic E-state index is 13.1. The third-order valence-corrected chi connectivity index (χ3v) is 5.50. The summed E-state index contributed by atoms with van der Waals surface area (Å²) in [5.41, 5.74) is 2.39. The summed E-state index contributed by atoms with van der Waals surface area (Å²) in [6.07, 6.45) is 0.869. The molecule has 3 rings (SSSR count). The van der Waals surface area contributed by atoms with Crippen LogP contribution in [-0.2, 0) is 16.0 Å². The lowest BCUT2D eigenvalue weighted by Crippen LogP contribution is -2.48. The molecule has 1 atom stereocenters. The third kappa shape index (κ3) is 5.05. The number of urea groups is 1. The van der Waals surface area contributed by atoms with Crippen LogP contribution in [0.3, 0.4) is 0 Å². The van der Waals surface area contributed by atoms with E-state index in [-0.39, 0.29) is 24.8 Å². The number of rotatable bonds is 9. The fourth-order valence-electron chi connectivity index (χ4n) is 3.76. The molecule has 0 saturated heterocycles. The molecular formula is C25H30N2O6. The highest BCUT2D eigenvalue weighted by Crippen LogP contribution is 2.40. The van der Waals surface area contributed by atoms with Gasteiger partial charge >= 0.3 is 12.0 Å². The van der Waals surface area contributed by atoms with Crippen molar-refractivity contribution in [2.24, 2.45) is 0 Å². The van der Waals surface area contributed by atoms with Gasteiger partial charge in [0.2, 0.25) is 0 Å². The summed E-state index contributed by atoms with van der Waals surface area (Å²) in [5.74, 6) is 1.02. The molecule has 33 heavy (non-hydrogen) atoms. The van der Waals surface area contributed by atoms with Crippen molar-refractivity contribution in [3.05, 3.63) is 64.9 Å². The Morgan fingerprint density at radius 2 is 1.85 bits per heavy atom. The van der Waals surface area contributed by atoms with Crippen LogP contribution in [0.15, 0.2) is 53.7 Å². The first kappa shape index (κ1) is 24.0. The van der Waals surface area contributed by atoms with Crippen molar-refractivity contribution in [3.63, 3.8) is 0 Å². The molecule has 1 unspecified atom stereocenters. The van der Waals surface area contributed by atoms with E-state index in [0.717, 1.165) is 12.0 Å². The van der Waals surface area contributed by atoms with Crippen LogP contribution in [0.25, 0.3) is 0 Å². The average molecular weight is 455 g/mol. The van der Waals surface area contributed by atoms with Gasteiger partial charge in [-0.1, -0.05) is 31.2 Å². The van der Waals surface area contributed by atoms with Crippen molar-refractivity contribution in [1.29, 1.82) is 0 Å². The molecule has 1 aliphatic heterocycles. The molecule has 1 N–H and O–H groups in total. The molecule has 1 heterocycles. The van der Waals surface area contributed by atoms with E-state index >= 15 is 0 Å². The number of aryl methyl sites for hydroxylation is 1. The molecule has 2 amide bonds. The monoisotopic (exact) mass is 454 g/mol. The second-order valence-electron chi connectivity index (χ2n) is 7.39. The van der Waals surface area contributed by atoms with E-state index in [1.54, 1.807) is 32.2 Å². The summed E-state index contributed by atoms with van der Waals surface area (Å²) >= 11 is 0. The fourth-order valence-corrected chi connectivity index (χ4v) is 3.76. The topological polar surface area (TPSA) is 86.3 Å². The van der Waals surface area contributed by atoms with Crippen LogP contribution in [0.2, 0.25) is 0 Å². The first-order valence-electron chi connectivity index (χ1n) is 10.8. The number of para-hydroxylation sites is 1. The number of amides is 2. The second kappa shape index (κ2) is 10.8. The Morgan fingerprint density at radius 1 is 1.09 bits per heavy atom. The highest BCUT2D eigenvalue weighted by molar-refractivity contribution is 5.95. The number of esters is 1. The van der Waals surface area contributed by atoms with Gasteiger partial charge in [-0.05, 0) is 37.1 Å². The minimum absolute atomic E-state index is 0.00796. The maximum atomic E-state index is 13.1. The highest BCUT2D eigenvalue weighted by Gasteiger charge is 2.38. The van der Waals surface area contributed by atoms with E-state index in [9.17, 15) is 9.59 Å². The zero-order valence-corrected chi connectivity index (χ0v) is 19.6. The van der Waals surface area contributed by atoms with Crippen LogP contribution in [0.1, 0.15) is 31.0 Å². The Bertz CT molecular complexity index is 1050. The Hall–Kier alpha value is -3.68. The summed E-state index contributed by atoms with van der Waals surface area (Å²) in [4.78, 5) is 27.4. The normalized spacial score (nSPS) is 15.7. The van der Waals surface area contributed by atoms with E-state index < -0.39 is 12.0 Å². The summed E-state index contributed by atoms with van der Waals surface area (Å²) in [5, 5.41) is 2.88. The summed E-state index contributed by atoms with van der Waals surface area (Å²) in [6, 6.07) is 11.8. The lowest BCUT2D eigenvalue weighted by Gasteiger charge is -2.35. The largest absolute Gasteiger partial charge is 0.493 e. The van der Waals surface area contributed by atoms with Crippen LogP contribution in [0.5, 0.6) is 17.2 Å². The Morgan fingerprint density at radius 3 is 2.52 bits per heavy atom. The van der Waals surface area contributed by atoms with Gasteiger partial charge in [0.25, 0.3) is 0 Å².